The highest BCUT2D eigenvalue weighted by atomic mass is 16.5. The van der Waals surface area contributed by atoms with Crippen molar-refractivity contribution < 1.29 is 9.53 Å². The number of carbonyl (C=O) groups is 1. The van der Waals surface area contributed by atoms with Crippen LogP contribution in [0.5, 0.6) is 5.88 Å². The molecule has 2 aromatic heterocycles. The Kier molecular flexibility index (Phi) is 4.68. The number of aromatic amines is 1. The van der Waals surface area contributed by atoms with Gasteiger partial charge in [0, 0.05) is 30.1 Å². The highest BCUT2D eigenvalue weighted by Crippen LogP contribution is 2.24. The van der Waals surface area contributed by atoms with E-state index < -0.39 is 0 Å². The van der Waals surface area contributed by atoms with E-state index in [-0.39, 0.29) is 12.0 Å². The van der Waals surface area contributed by atoms with Crippen molar-refractivity contribution in [3.05, 3.63) is 40.8 Å². The van der Waals surface area contributed by atoms with Crippen molar-refractivity contribution in [1.29, 1.82) is 0 Å². The van der Waals surface area contributed by atoms with Gasteiger partial charge in [0.05, 0.1) is 0 Å². The molecule has 1 fully saturated rings. The summed E-state index contributed by atoms with van der Waals surface area (Å²) in [4.78, 5) is 16.7. The number of H-pyrrole nitrogens is 1. The predicted octanol–water partition coefficient (Wildman–Crippen LogP) is 2.93. The average molecular weight is 340 g/mol. The van der Waals surface area contributed by atoms with E-state index in [1.54, 1.807) is 6.20 Å². The minimum atomic E-state index is -0.119. The number of aromatic nitrogens is 3. The normalized spacial score (nSPS) is 17.3. The van der Waals surface area contributed by atoms with E-state index in [1.807, 2.05) is 12.1 Å². The van der Waals surface area contributed by atoms with Gasteiger partial charge >= 0.3 is 0 Å². The summed E-state index contributed by atoms with van der Waals surface area (Å²) in [5, 5.41) is 10.1. The van der Waals surface area contributed by atoms with Gasteiger partial charge in [0.2, 0.25) is 5.88 Å². The lowest BCUT2D eigenvalue weighted by atomic mass is 9.98. The van der Waals surface area contributed by atoms with Crippen LogP contribution >= 0.6 is 0 Å². The van der Waals surface area contributed by atoms with Gasteiger partial charge in [-0.15, -0.1) is 0 Å². The van der Waals surface area contributed by atoms with Gasteiger partial charge < -0.3 is 10.1 Å². The van der Waals surface area contributed by atoms with E-state index >= 15 is 0 Å². The van der Waals surface area contributed by atoms with Crippen LogP contribution in [0, 0.1) is 0 Å². The van der Waals surface area contributed by atoms with Crippen molar-refractivity contribution in [3.63, 3.8) is 0 Å². The molecule has 0 saturated heterocycles. The second-order valence-corrected chi connectivity index (χ2v) is 6.95. The lowest BCUT2D eigenvalue weighted by Crippen LogP contribution is -2.24. The first kappa shape index (κ1) is 16.1. The van der Waals surface area contributed by atoms with E-state index in [1.165, 1.54) is 19.3 Å². The molecule has 2 aliphatic rings. The first-order valence-corrected chi connectivity index (χ1v) is 9.25. The molecule has 25 heavy (non-hydrogen) atoms. The molecule has 1 saturated carbocycles. The van der Waals surface area contributed by atoms with E-state index in [2.05, 4.69) is 20.5 Å². The zero-order valence-electron chi connectivity index (χ0n) is 14.4. The van der Waals surface area contributed by atoms with Crippen LogP contribution in [0.25, 0.3) is 0 Å². The number of ether oxygens (including phenoxy) is 1. The third-order valence-corrected chi connectivity index (χ3v) is 5.11. The molecule has 2 aromatic rings. The van der Waals surface area contributed by atoms with Crippen LogP contribution in [0.2, 0.25) is 0 Å². The van der Waals surface area contributed by atoms with Gasteiger partial charge in [-0.05, 0) is 56.6 Å². The van der Waals surface area contributed by atoms with Crippen LogP contribution in [0.1, 0.15) is 65.8 Å². The predicted molar refractivity (Wildman–Crippen MR) is 93.5 cm³/mol. The van der Waals surface area contributed by atoms with Crippen LogP contribution in [0.15, 0.2) is 18.3 Å². The Morgan fingerprint density at radius 3 is 3.00 bits per heavy atom. The number of hydrogen-bond acceptors (Lipinski definition) is 4. The molecule has 2 N–H and O–H groups in total. The van der Waals surface area contributed by atoms with Gasteiger partial charge in [0.15, 0.2) is 5.69 Å². The van der Waals surface area contributed by atoms with E-state index in [0.29, 0.717) is 18.1 Å². The van der Waals surface area contributed by atoms with Gasteiger partial charge in [-0.2, -0.15) is 5.10 Å². The van der Waals surface area contributed by atoms with Crippen LogP contribution in [0.4, 0.5) is 0 Å². The molecule has 0 spiro atoms. The molecular formula is C19H24N4O2. The molecule has 0 atom stereocenters. The third-order valence-electron chi connectivity index (χ3n) is 5.11. The summed E-state index contributed by atoms with van der Waals surface area (Å²) in [6.07, 6.45) is 11.0. The maximum absolute atomic E-state index is 12.4. The number of nitrogens with one attached hydrogen (secondary N) is 2. The molecule has 6 nitrogen and oxygen atoms in total. The smallest absolute Gasteiger partial charge is 0.272 e. The average Bonchev–Trinajstić information content (AvgIpc) is 3.24. The molecule has 6 heteroatoms. The zero-order chi connectivity index (χ0) is 17.1. The van der Waals surface area contributed by atoms with Gasteiger partial charge in [0.25, 0.3) is 5.91 Å². The van der Waals surface area contributed by atoms with Crippen LogP contribution in [-0.2, 0) is 19.4 Å². The maximum atomic E-state index is 12.4. The Labute approximate surface area is 147 Å². The number of aryl methyl sites for hydroxylation is 1. The van der Waals surface area contributed by atoms with Crippen LogP contribution < -0.4 is 10.1 Å². The van der Waals surface area contributed by atoms with Crippen molar-refractivity contribution in [2.24, 2.45) is 0 Å². The van der Waals surface area contributed by atoms with Gasteiger partial charge in [-0.1, -0.05) is 6.42 Å². The summed E-state index contributed by atoms with van der Waals surface area (Å²) in [7, 11) is 0. The minimum absolute atomic E-state index is 0.119. The highest BCUT2D eigenvalue weighted by molar-refractivity contribution is 5.94. The Balaban J connectivity index is 1.36. The maximum Gasteiger partial charge on any atom is 0.272 e. The van der Waals surface area contributed by atoms with Crippen molar-refractivity contribution in [3.8, 4) is 5.88 Å². The standard InChI is InChI=1S/C19H24N4O2/c24-19(18-15-7-4-8-16(15)22-23-18)21-12-13-9-10-20-17(11-13)25-14-5-2-1-3-6-14/h9-11,14H,1-8,12H2,(H,21,24)(H,22,23). The molecule has 0 unspecified atom stereocenters. The molecule has 0 bridgehead atoms. The fourth-order valence-electron chi connectivity index (χ4n) is 3.75. The largest absolute Gasteiger partial charge is 0.474 e. The quantitative estimate of drug-likeness (QED) is 0.877. The molecule has 4 rings (SSSR count). The third kappa shape index (κ3) is 3.67. The summed E-state index contributed by atoms with van der Waals surface area (Å²) in [6.45, 7) is 0.448. The fourth-order valence-corrected chi connectivity index (χ4v) is 3.75. The van der Waals surface area contributed by atoms with Gasteiger partial charge in [0.1, 0.15) is 6.10 Å². The second kappa shape index (κ2) is 7.25. The molecule has 1 amide bonds. The minimum Gasteiger partial charge on any atom is -0.474 e. The molecule has 0 radical (unpaired) electrons. The second-order valence-electron chi connectivity index (χ2n) is 6.95. The molecule has 2 heterocycles. The molecular weight excluding hydrogens is 316 g/mol. The first-order chi connectivity index (χ1) is 12.3. The summed E-state index contributed by atoms with van der Waals surface area (Å²) in [6, 6.07) is 3.83. The Hall–Kier alpha value is -2.37. The fraction of sp³-hybridized carbons (Fsp3) is 0.526. The van der Waals surface area contributed by atoms with E-state index in [9.17, 15) is 4.79 Å². The zero-order valence-corrected chi connectivity index (χ0v) is 14.4. The van der Waals surface area contributed by atoms with Gasteiger partial charge in [-0.25, -0.2) is 4.98 Å². The van der Waals surface area contributed by atoms with Crippen LogP contribution in [0.3, 0.4) is 0 Å². The lowest BCUT2D eigenvalue weighted by molar-refractivity contribution is 0.0944. The van der Waals surface area contributed by atoms with E-state index in [0.717, 1.165) is 48.9 Å². The lowest BCUT2D eigenvalue weighted by Gasteiger charge is -2.22. The SMILES string of the molecule is O=C(NCc1ccnc(OC2CCCCC2)c1)c1n[nH]c2c1CCC2. The molecule has 0 aromatic carbocycles. The Morgan fingerprint density at radius 2 is 2.12 bits per heavy atom. The summed E-state index contributed by atoms with van der Waals surface area (Å²) >= 11 is 0. The number of carbonyl (C=O) groups excluding carboxylic acids is 1. The van der Waals surface area contributed by atoms with Crippen molar-refractivity contribution >= 4 is 5.91 Å². The number of pyridine rings is 1. The number of hydrogen-bond donors (Lipinski definition) is 2. The van der Waals surface area contributed by atoms with E-state index in [4.69, 9.17) is 4.74 Å². The summed E-state index contributed by atoms with van der Waals surface area (Å²) in [5.41, 5.74) is 3.72. The van der Waals surface area contributed by atoms with Gasteiger partial charge in [-0.3, -0.25) is 9.89 Å². The first-order valence-electron chi connectivity index (χ1n) is 9.25. The number of rotatable bonds is 5. The monoisotopic (exact) mass is 340 g/mol. The van der Waals surface area contributed by atoms with Crippen molar-refractivity contribution in [1.82, 2.24) is 20.5 Å². The summed E-state index contributed by atoms with van der Waals surface area (Å²) in [5.74, 6) is 0.533. The summed E-state index contributed by atoms with van der Waals surface area (Å²) < 4.78 is 5.99. The number of nitrogens with zero attached hydrogens (tertiary/aromatic N) is 2. The Bertz CT molecular complexity index is 750. The highest BCUT2D eigenvalue weighted by Gasteiger charge is 2.22. The van der Waals surface area contributed by atoms with Crippen molar-refractivity contribution in [2.75, 3.05) is 0 Å². The molecule has 2 aliphatic carbocycles. The van der Waals surface area contributed by atoms with Crippen LogP contribution in [-0.4, -0.2) is 27.2 Å². The molecule has 0 aliphatic heterocycles. The van der Waals surface area contributed by atoms with Crippen molar-refractivity contribution in [2.45, 2.75) is 64.0 Å². The Morgan fingerprint density at radius 1 is 1.24 bits per heavy atom. The number of amides is 1. The molecule has 132 valence electrons. The topological polar surface area (TPSA) is 79.9 Å². The number of fused-ring (bicyclic) bond motifs is 1.